The fourth-order valence-electron chi connectivity index (χ4n) is 6.27. The van der Waals surface area contributed by atoms with Crippen molar-refractivity contribution in [1.29, 1.82) is 0 Å². The number of nitrogens with zero attached hydrogens (tertiary/aromatic N) is 1. The van der Waals surface area contributed by atoms with Gasteiger partial charge in [-0.05, 0) is 0 Å². The van der Waals surface area contributed by atoms with Crippen LogP contribution >= 0.6 is 0 Å². The summed E-state index contributed by atoms with van der Waals surface area (Å²) < 4.78 is 3.10. The summed E-state index contributed by atoms with van der Waals surface area (Å²) in [6.07, 6.45) is 2.02. The van der Waals surface area contributed by atoms with Gasteiger partial charge in [0.25, 0.3) is 0 Å². The van der Waals surface area contributed by atoms with Crippen LogP contribution in [0.1, 0.15) is 25.3 Å². The van der Waals surface area contributed by atoms with Crippen LogP contribution in [0.3, 0.4) is 0 Å². The van der Waals surface area contributed by atoms with Gasteiger partial charge in [-0.25, -0.2) is 0 Å². The fourth-order valence-corrected chi connectivity index (χ4v) is 14.5. The van der Waals surface area contributed by atoms with Crippen LogP contribution in [0.2, 0.25) is 31.2 Å². The van der Waals surface area contributed by atoms with Gasteiger partial charge in [-0.1, -0.05) is 0 Å². The van der Waals surface area contributed by atoms with Crippen LogP contribution in [0, 0.1) is 0 Å². The molecule has 0 N–H and O–H groups in total. The molecule has 0 unspecified atom stereocenters. The zero-order chi connectivity index (χ0) is 26.8. The van der Waals surface area contributed by atoms with Gasteiger partial charge in [0.2, 0.25) is 0 Å². The molecule has 1 nitrogen and oxygen atoms in total. The predicted octanol–water partition coefficient (Wildman–Crippen LogP) is 8.04. The maximum absolute atomic E-state index is 5.07. The first-order valence-corrected chi connectivity index (χ1v) is 23.6. The summed E-state index contributed by atoms with van der Waals surface area (Å²) in [6, 6.07) is 32.4. The first kappa shape index (κ1) is 25.3. The molecule has 0 atom stereocenters. The van der Waals surface area contributed by atoms with Crippen molar-refractivity contribution in [3.05, 3.63) is 96.7 Å². The number of aromatic nitrogens is 1. The standard InChI is InChI=1S/C35H37GeNSi/c1-23(2)32-21-27(20-26-10-8-9-11-29(26)32)35-34-31(18-19-37-35)30-17-14-25(22-33(30)36(34,3)4)24-12-15-28(16-13-24)38(5,6)7/h8-23H,1-7H3. The molecular weight excluding hydrogens is 535 g/mol. The molecule has 190 valence electrons. The predicted molar refractivity (Wildman–Crippen MR) is 172 cm³/mol. The first-order chi connectivity index (χ1) is 18.1. The molecule has 1 aliphatic rings. The molecule has 0 fully saturated rings. The summed E-state index contributed by atoms with van der Waals surface area (Å²) in [7, 11) is -1.30. The molecule has 0 radical (unpaired) electrons. The Bertz CT molecular complexity index is 1690. The average molecular weight is 572 g/mol. The number of pyridine rings is 1. The number of hydrogen-bond donors (Lipinski definition) is 0. The molecule has 2 heterocycles. The van der Waals surface area contributed by atoms with Crippen molar-refractivity contribution in [2.45, 2.75) is 50.9 Å². The molecule has 3 heteroatoms. The van der Waals surface area contributed by atoms with Crippen LogP contribution in [0.25, 0.3) is 44.3 Å². The molecule has 0 amide bonds. The molecule has 0 bridgehead atoms. The third-order valence-corrected chi connectivity index (χ3v) is 17.9. The van der Waals surface area contributed by atoms with E-state index in [0.29, 0.717) is 5.92 Å². The van der Waals surface area contributed by atoms with Gasteiger partial charge < -0.3 is 0 Å². The maximum atomic E-state index is 5.07. The second-order valence-electron chi connectivity index (χ2n) is 12.7. The van der Waals surface area contributed by atoms with E-state index in [1.54, 1.807) is 4.40 Å². The van der Waals surface area contributed by atoms with Crippen LogP contribution in [-0.4, -0.2) is 26.3 Å². The van der Waals surface area contributed by atoms with Crippen molar-refractivity contribution in [3.8, 4) is 33.5 Å². The van der Waals surface area contributed by atoms with Gasteiger partial charge in [-0.3, -0.25) is 0 Å². The molecule has 38 heavy (non-hydrogen) atoms. The number of fused-ring (bicyclic) bond motifs is 4. The Morgan fingerprint density at radius 2 is 1.42 bits per heavy atom. The van der Waals surface area contributed by atoms with Crippen LogP contribution in [0.15, 0.2) is 91.1 Å². The van der Waals surface area contributed by atoms with Crippen molar-refractivity contribution in [2.24, 2.45) is 0 Å². The summed E-state index contributed by atoms with van der Waals surface area (Å²) in [5, 5.41) is 4.17. The van der Waals surface area contributed by atoms with Crippen molar-refractivity contribution < 1.29 is 0 Å². The zero-order valence-corrected chi connectivity index (χ0v) is 26.8. The Morgan fingerprint density at radius 3 is 2.13 bits per heavy atom. The van der Waals surface area contributed by atoms with Crippen LogP contribution in [-0.2, 0) is 0 Å². The van der Waals surface area contributed by atoms with Gasteiger partial charge in [0.15, 0.2) is 0 Å². The zero-order valence-electron chi connectivity index (χ0n) is 23.7. The molecule has 4 aromatic carbocycles. The van der Waals surface area contributed by atoms with Gasteiger partial charge in [0.1, 0.15) is 0 Å². The van der Waals surface area contributed by atoms with Gasteiger partial charge >= 0.3 is 232 Å². The molecular formula is C35H37GeNSi. The SMILES string of the molecule is CC(C)c1cc(-c2nccc3[c]2[Ge]([CH3])([CH3])[c]2cc(-c4ccc([Si](C)(C)C)cc4)ccc2-3)cc2ccccc12. The van der Waals surface area contributed by atoms with E-state index in [2.05, 4.69) is 130 Å². The molecule has 6 rings (SSSR count). The molecule has 5 aromatic rings. The van der Waals surface area contributed by atoms with Crippen molar-refractivity contribution in [2.75, 3.05) is 0 Å². The summed E-state index contributed by atoms with van der Waals surface area (Å²) >= 11 is -2.62. The van der Waals surface area contributed by atoms with Crippen molar-refractivity contribution in [1.82, 2.24) is 4.98 Å². The van der Waals surface area contributed by atoms with E-state index in [4.69, 9.17) is 4.98 Å². The monoisotopic (exact) mass is 573 g/mol. The first-order valence-electron chi connectivity index (χ1n) is 13.8. The van der Waals surface area contributed by atoms with Crippen LogP contribution < -0.4 is 14.0 Å². The number of rotatable bonds is 4. The quantitative estimate of drug-likeness (QED) is 0.199. The topological polar surface area (TPSA) is 12.9 Å². The number of benzene rings is 4. The Balaban J connectivity index is 1.49. The third kappa shape index (κ3) is 4.10. The van der Waals surface area contributed by atoms with Gasteiger partial charge in [0, 0.05) is 0 Å². The Morgan fingerprint density at radius 1 is 0.711 bits per heavy atom. The van der Waals surface area contributed by atoms with E-state index >= 15 is 0 Å². The molecule has 0 aliphatic carbocycles. The Kier molecular flexibility index (Phi) is 6.04. The summed E-state index contributed by atoms with van der Waals surface area (Å²) in [6.45, 7) is 11.8. The van der Waals surface area contributed by atoms with Gasteiger partial charge in [0.05, 0.1) is 0 Å². The second-order valence-corrected chi connectivity index (χ2v) is 26.8. The van der Waals surface area contributed by atoms with Crippen molar-refractivity contribution in [3.63, 3.8) is 0 Å². The van der Waals surface area contributed by atoms with Gasteiger partial charge in [-0.2, -0.15) is 0 Å². The van der Waals surface area contributed by atoms with E-state index in [9.17, 15) is 0 Å². The fraction of sp³-hybridized carbons (Fsp3) is 0.229. The average Bonchev–Trinajstić information content (AvgIpc) is 3.14. The van der Waals surface area contributed by atoms with E-state index in [0.717, 1.165) is 0 Å². The Labute approximate surface area is 231 Å². The van der Waals surface area contributed by atoms with Gasteiger partial charge in [-0.15, -0.1) is 0 Å². The second kappa shape index (κ2) is 9.07. The summed E-state index contributed by atoms with van der Waals surface area (Å²) in [5.41, 5.74) is 9.33. The molecule has 1 aliphatic heterocycles. The Hall–Kier alpha value is -2.95. The molecule has 0 saturated heterocycles. The minimum absolute atomic E-state index is 0.457. The van der Waals surface area contributed by atoms with Crippen LogP contribution in [0.5, 0.6) is 0 Å². The van der Waals surface area contributed by atoms with E-state index in [1.165, 1.54) is 59.4 Å². The van der Waals surface area contributed by atoms with E-state index in [-0.39, 0.29) is 0 Å². The minimum atomic E-state index is -2.62. The third-order valence-electron chi connectivity index (χ3n) is 8.43. The normalized spacial score (nSPS) is 14.1. The number of hydrogen-bond acceptors (Lipinski definition) is 1. The summed E-state index contributed by atoms with van der Waals surface area (Å²) in [4.78, 5) is 5.07. The van der Waals surface area contributed by atoms with E-state index < -0.39 is 21.3 Å². The molecule has 0 spiro atoms. The molecule has 0 saturated carbocycles. The summed E-state index contributed by atoms with van der Waals surface area (Å²) in [5.74, 6) is 5.56. The van der Waals surface area contributed by atoms with E-state index in [1.807, 2.05) is 6.20 Å². The molecule has 1 aromatic heterocycles. The van der Waals surface area contributed by atoms with Crippen molar-refractivity contribution >= 4 is 46.1 Å². The van der Waals surface area contributed by atoms with Crippen LogP contribution in [0.4, 0.5) is 0 Å².